The summed E-state index contributed by atoms with van der Waals surface area (Å²) in [6.07, 6.45) is 8.15. The van der Waals surface area contributed by atoms with E-state index >= 15 is 4.39 Å². The molecule has 1 fully saturated rings. The Labute approximate surface area is 254 Å². The molecular weight excluding hydrogens is 568 g/mol. The zero-order chi connectivity index (χ0) is 30.5. The molecule has 0 unspecified atom stereocenters. The van der Waals surface area contributed by atoms with Crippen molar-refractivity contribution in [2.45, 2.75) is 19.3 Å². The molecule has 1 aromatic heterocycles. The molecule has 9 nitrogen and oxygen atoms in total. The summed E-state index contributed by atoms with van der Waals surface area (Å²) in [7, 11) is 1.57. The van der Waals surface area contributed by atoms with Crippen LogP contribution in [0.25, 0.3) is 10.9 Å². The van der Waals surface area contributed by atoms with Crippen molar-refractivity contribution >= 4 is 28.3 Å². The minimum atomic E-state index is -0.664. The van der Waals surface area contributed by atoms with Crippen molar-refractivity contribution < 1.29 is 27.8 Å². The van der Waals surface area contributed by atoms with Crippen LogP contribution in [0.4, 0.5) is 25.0 Å². The topological polar surface area (TPSA) is 79.4 Å². The van der Waals surface area contributed by atoms with E-state index in [1.165, 1.54) is 42.1 Å². The minimum absolute atomic E-state index is 0.0245. The van der Waals surface area contributed by atoms with Crippen molar-refractivity contribution in [2.24, 2.45) is 0 Å². The maximum Gasteiger partial charge on any atom is 0.327 e. The van der Waals surface area contributed by atoms with Crippen molar-refractivity contribution in [1.82, 2.24) is 14.8 Å². The van der Waals surface area contributed by atoms with E-state index in [0.29, 0.717) is 40.4 Å². The van der Waals surface area contributed by atoms with Gasteiger partial charge in [-0.05, 0) is 68.8 Å². The first kappa shape index (κ1) is 29.2. The van der Waals surface area contributed by atoms with Crippen LogP contribution in [-0.2, 0) is 0 Å². The Balaban J connectivity index is 1.10. The molecule has 2 aliphatic rings. The summed E-state index contributed by atoms with van der Waals surface area (Å²) in [5.74, 6) is 0.419. The Hall–Kier alpha value is -4.90. The summed E-state index contributed by atoms with van der Waals surface area (Å²) in [5, 5.41) is 3.30. The van der Waals surface area contributed by atoms with E-state index < -0.39 is 17.7 Å². The second-order valence-corrected chi connectivity index (χ2v) is 10.6. The Kier molecular flexibility index (Phi) is 8.74. The highest BCUT2D eigenvalue weighted by Crippen LogP contribution is 2.38. The predicted octanol–water partition coefficient (Wildman–Crippen LogP) is 6.96. The predicted molar refractivity (Wildman–Crippen MR) is 164 cm³/mol. The maximum absolute atomic E-state index is 15.2. The molecule has 0 saturated carbocycles. The summed E-state index contributed by atoms with van der Waals surface area (Å²) in [5.41, 5.74) is 1.21. The van der Waals surface area contributed by atoms with Crippen molar-refractivity contribution in [3.8, 4) is 23.0 Å². The number of rotatable bonds is 10. The molecule has 2 amide bonds. The largest absolute Gasteiger partial charge is 0.493 e. The van der Waals surface area contributed by atoms with Crippen molar-refractivity contribution in [1.29, 1.82) is 0 Å². The van der Waals surface area contributed by atoms with Crippen molar-refractivity contribution in [2.75, 3.05) is 50.2 Å². The van der Waals surface area contributed by atoms with Crippen LogP contribution in [0.1, 0.15) is 19.3 Å². The highest BCUT2D eigenvalue weighted by molar-refractivity contribution is 5.91. The number of nitrogens with zero attached hydrogens (tertiary/aromatic N) is 4. The van der Waals surface area contributed by atoms with Crippen LogP contribution in [0.3, 0.4) is 0 Å². The highest BCUT2D eigenvalue weighted by Gasteiger charge is 2.22. The lowest BCUT2D eigenvalue weighted by Gasteiger charge is -2.21. The second-order valence-electron chi connectivity index (χ2n) is 10.6. The van der Waals surface area contributed by atoms with Gasteiger partial charge in [-0.2, -0.15) is 0 Å². The lowest BCUT2D eigenvalue weighted by molar-refractivity contribution is 0.231. The molecule has 228 valence electrons. The Morgan fingerprint density at radius 1 is 0.932 bits per heavy atom. The number of fused-ring (bicyclic) bond motifs is 1. The van der Waals surface area contributed by atoms with Gasteiger partial charge in [-0.3, -0.25) is 9.88 Å². The quantitative estimate of drug-likeness (QED) is 0.197. The van der Waals surface area contributed by atoms with Gasteiger partial charge in [0.25, 0.3) is 0 Å². The number of hydrogen-bond acceptors (Lipinski definition) is 7. The Bertz CT molecular complexity index is 1680. The van der Waals surface area contributed by atoms with Gasteiger partial charge in [-0.25, -0.2) is 13.6 Å². The molecule has 3 aromatic carbocycles. The van der Waals surface area contributed by atoms with Gasteiger partial charge < -0.3 is 29.3 Å². The maximum atomic E-state index is 15.2. The highest BCUT2D eigenvalue weighted by atomic mass is 19.1. The zero-order valence-corrected chi connectivity index (χ0v) is 24.3. The van der Waals surface area contributed by atoms with Crippen molar-refractivity contribution in [3.63, 3.8) is 0 Å². The van der Waals surface area contributed by atoms with E-state index in [4.69, 9.17) is 14.2 Å². The number of hydrogen-bond donors (Lipinski definition) is 1. The molecule has 0 radical (unpaired) electrons. The lowest BCUT2D eigenvalue weighted by Crippen LogP contribution is -2.34. The molecule has 44 heavy (non-hydrogen) atoms. The first-order valence-electron chi connectivity index (χ1n) is 14.5. The molecule has 0 spiro atoms. The Morgan fingerprint density at radius 3 is 2.57 bits per heavy atom. The lowest BCUT2D eigenvalue weighted by atomic mass is 10.1. The SMILES string of the molecule is COc1cc2c(Oc3ccc(NC(=O)N4C=CN(c5ccccc5F)C4)cc3F)ccnc2cc1OCCCN1CCCC1. The fraction of sp³-hybridized carbons (Fsp3) is 0.273. The average molecular weight is 602 g/mol. The van der Waals surface area contributed by atoms with E-state index in [2.05, 4.69) is 15.2 Å². The van der Waals surface area contributed by atoms with Gasteiger partial charge in [-0.15, -0.1) is 0 Å². The van der Waals surface area contributed by atoms with Gasteiger partial charge >= 0.3 is 6.03 Å². The minimum Gasteiger partial charge on any atom is -0.493 e. The van der Waals surface area contributed by atoms with Gasteiger partial charge in [0, 0.05) is 48.3 Å². The van der Waals surface area contributed by atoms with Gasteiger partial charge in [0.05, 0.1) is 24.9 Å². The number of anilines is 2. The number of likely N-dealkylation sites (tertiary alicyclic amines) is 1. The number of methoxy groups -OCH3 is 1. The third-order valence-electron chi connectivity index (χ3n) is 7.62. The van der Waals surface area contributed by atoms with Gasteiger partial charge in [0.15, 0.2) is 23.1 Å². The molecular formula is C33H33F2N5O4. The number of ether oxygens (including phenoxy) is 3. The summed E-state index contributed by atoms with van der Waals surface area (Å²) in [4.78, 5) is 22.7. The van der Waals surface area contributed by atoms with Crippen molar-refractivity contribution in [3.05, 3.63) is 90.9 Å². The molecule has 3 heterocycles. The fourth-order valence-electron chi connectivity index (χ4n) is 5.33. The molecule has 1 N–H and O–H groups in total. The number of amides is 2. The molecule has 4 aromatic rings. The van der Waals surface area contributed by atoms with Crippen LogP contribution in [0, 0.1) is 11.6 Å². The second kappa shape index (κ2) is 13.2. The van der Waals surface area contributed by atoms with Crippen LogP contribution in [-0.4, -0.2) is 60.8 Å². The van der Waals surface area contributed by atoms with E-state index in [9.17, 15) is 9.18 Å². The molecule has 1 saturated heterocycles. The number of nitrogens with one attached hydrogen (secondary N) is 1. The summed E-state index contributed by atoms with van der Waals surface area (Å²) < 4.78 is 46.9. The van der Waals surface area contributed by atoms with Gasteiger partial charge in [0.2, 0.25) is 0 Å². The van der Waals surface area contributed by atoms with Gasteiger partial charge in [0.1, 0.15) is 18.2 Å². The van der Waals surface area contributed by atoms with E-state index in [1.54, 1.807) is 66.9 Å². The fourth-order valence-corrected chi connectivity index (χ4v) is 5.33. The molecule has 0 bridgehead atoms. The average Bonchev–Trinajstić information content (AvgIpc) is 3.74. The van der Waals surface area contributed by atoms with Crippen LogP contribution in [0.2, 0.25) is 0 Å². The van der Waals surface area contributed by atoms with E-state index in [0.717, 1.165) is 26.1 Å². The first-order chi connectivity index (χ1) is 21.5. The standard InChI is InChI=1S/C33H33F2N5O4/c1-42-31-20-24-27(21-32(31)43-18-6-15-38-13-4-5-14-38)36-12-11-29(24)44-30-10-9-23(19-26(30)35)37-33(41)40-17-16-39(22-40)28-8-3-2-7-25(28)34/h2-3,7-12,16-17,19-21H,4-6,13-15,18,22H2,1H3,(H,37,41). The van der Waals surface area contributed by atoms with Crippen LogP contribution in [0.5, 0.6) is 23.0 Å². The summed E-state index contributed by atoms with van der Waals surface area (Å²) >= 11 is 0. The van der Waals surface area contributed by atoms with Crippen LogP contribution in [0.15, 0.2) is 79.3 Å². The third kappa shape index (κ3) is 6.52. The number of pyridine rings is 1. The number of carbonyl (C=O) groups is 1. The monoisotopic (exact) mass is 601 g/mol. The number of benzene rings is 3. The third-order valence-corrected chi connectivity index (χ3v) is 7.62. The Morgan fingerprint density at radius 2 is 1.77 bits per heavy atom. The number of halogens is 2. The molecule has 0 atom stereocenters. The summed E-state index contributed by atoms with van der Waals surface area (Å²) in [6, 6.07) is 15.2. The normalized spacial score (nSPS) is 14.8. The van der Waals surface area contributed by atoms with Crippen LogP contribution < -0.4 is 24.4 Å². The molecule has 6 rings (SSSR count). The number of urea groups is 1. The molecule has 11 heteroatoms. The first-order valence-corrected chi connectivity index (χ1v) is 14.5. The number of carbonyl (C=O) groups excluding carboxylic acids is 1. The van der Waals surface area contributed by atoms with Crippen LogP contribution >= 0.6 is 0 Å². The smallest absolute Gasteiger partial charge is 0.327 e. The summed E-state index contributed by atoms with van der Waals surface area (Å²) in [6.45, 7) is 3.97. The number of aromatic nitrogens is 1. The van der Waals surface area contributed by atoms with Gasteiger partial charge in [-0.1, -0.05) is 12.1 Å². The number of para-hydroxylation sites is 1. The molecule has 0 aliphatic carbocycles. The van der Waals surface area contributed by atoms with E-state index in [1.807, 2.05) is 0 Å². The molecule has 2 aliphatic heterocycles. The van der Waals surface area contributed by atoms with E-state index in [-0.39, 0.29) is 18.1 Å². The zero-order valence-electron chi connectivity index (χ0n) is 24.3.